The molecule has 1 atom stereocenters. The molecule has 27 heavy (non-hydrogen) atoms. The number of imidazole rings is 1. The van der Waals surface area contributed by atoms with Gasteiger partial charge in [0.05, 0.1) is 22.6 Å². The Kier molecular flexibility index (Phi) is 4.07. The van der Waals surface area contributed by atoms with Crippen molar-refractivity contribution in [1.82, 2.24) is 25.0 Å². The molecule has 4 aromatic rings. The van der Waals surface area contributed by atoms with Crippen molar-refractivity contribution in [1.29, 1.82) is 0 Å². The van der Waals surface area contributed by atoms with Gasteiger partial charge in [-0.25, -0.2) is 4.98 Å². The first-order valence-electron chi connectivity index (χ1n) is 8.82. The van der Waals surface area contributed by atoms with Crippen molar-refractivity contribution < 1.29 is 9.32 Å². The van der Waals surface area contributed by atoms with Crippen LogP contribution in [0.4, 0.5) is 0 Å². The van der Waals surface area contributed by atoms with E-state index in [4.69, 9.17) is 4.52 Å². The molecule has 138 valence electrons. The highest BCUT2D eigenvalue weighted by atomic mass is 16.5. The number of aromatic nitrogens is 4. The zero-order chi connectivity index (χ0) is 19.1. The summed E-state index contributed by atoms with van der Waals surface area (Å²) in [6, 6.07) is 11.3. The number of H-pyrrole nitrogens is 1. The molecule has 0 aliphatic carbocycles. The second-order valence-corrected chi connectivity index (χ2v) is 6.75. The number of hydrogen-bond acceptors (Lipinski definition) is 4. The number of fused-ring (bicyclic) bond motifs is 1. The molecule has 7 heteroatoms. The fourth-order valence-corrected chi connectivity index (χ4v) is 3.32. The van der Waals surface area contributed by atoms with Crippen LogP contribution in [-0.4, -0.2) is 25.6 Å². The highest BCUT2D eigenvalue weighted by Gasteiger charge is 2.21. The number of hydrogen-bond donors (Lipinski definition) is 2. The van der Waals surface area contributed by atoms with Gasteiger partial charge in [0.2, 0.25) is 0 Å². The molecule has 1 amide bonds. The van der Waals surface area contributed by atoms with Crippen molar-refractivity contribution in [3.05, 3.63) is 64.9 Å². The Morgan fingerprint density at radius 3 is 2.70 bits per heavy atom. The van der Waals surface area contributed by atoms with Crippen LogP contribution < -0.4 is 5.32 Å². The highest BCUT2D eigenvalue weighted by molar-refractivity contribution is 5.96. The van der Waals surface area contributed by atoms with E-state index in [1.54, 1.807) is 0 Å². The van der Waals surface area contributed by atoms with E-state index in [1.165, 1.54) is 0 Å². The molecule has 0 bridgehead atoms. The minimum absolute atomic E-state index is 0.150. The summed E-state index contributed by atoms with van der Waals surface area (Å²) in [5.41, 5.74) is 4.18. The minimum atomic E-state index is -0.248. The van der Waals surface area contributed by atoms with Gasteiger partial charge in [0, 0.05) is 17.5 Å². The van der Waals surface area contributed by atoms with Crippen molar-refractivity contribution >= 4 is 16.9 Å². The van der Waals surface area contributed by atoms with Crippen LogP contribution in [0.5, 0.6) is 0 Å². The van der Waals surface area contributed by atoms with Crippen molar-refractivity contribution in [2.75, 3.05) is 0 Å². The van der Waals surface area contributed by atoms with Crippen LogP contribution in [0.3, 0.4) is 0 Å². The SMILES string of the molecule is Cc1cc(-n2c(C)cc(C(=O)NC(C)c3nc4ccccc4[nH]3)c2C)no1. The molecule has 0 saturated heterocycles. The van der Waals surface area contributed by atoms with Crippen LogP contribution in [0.15, 0.2) is 40.9 Å². The van der Waals surface area contributed by atoms with Crippen LogP contribution in [0, 0.1) is 20.8 Å². The predicted octanol–water partition coefficient (Wildman–Crippen LogP) is 3.76. The van der Waals surface area contributed by atoms with Crippen LogP contribution in [-0.2, 0) is 0 Å². The van der Waals surface area contributed by atoms with Crippen molar-refractivity contribution in [3.63, 3.8) is 0 Å². The third-order valence-corrected chi connectivity index (χ3v) is 4.69. The number of aromatic amines is 1. The molecule has 0 aliphatic heterocycles. The van der Waals surface area contributed by atoms with Gasteiger partial charge in [0.1, 0.15) is 11.6 Å². The highest BCUT2D eigenvalue weighted by Crippen LogP contribution is 2.22. The van der Waals surface area contributed by atoms with Crippen LogP contribution in [0.1, 0.15) is 46.3 Å². The quantitative estimate of drug-likeness (QED) is 0.578. The van der Waals surface area contributed by atoms with Gasteiger partial charge in [-0.2, -0.15) is 0 Å². The van der Waals surface area contributed by atoms with Crippen molar-refractivity contribution in [2.24, 2.45) is 0 Å². The zero-order valence-corrected chi connectivity index (χ0v) is 15.7. The van der Waals surface area contributed by atoms with Gasteiger partial charge < -0.3 is 14.8 Å². The van der Waals surface area contributed by atoms with E-state index in [0.29, 0.717) is 11.4 Å². The molecule has 3 heterocycles. The maximum absolute atomic E-state index is 12.9. The monoisotopic (exact) mass is 363 g/mol. The number of rotatable bonds is 4. The fourth-order valence-electron chi connectivity index (χ4n) is 3.32. The normalized spacial score (nSPS) is 12.4. The van der Waals surface area contributed by atoms with E-state index in [1.807, 2.05) is 68.7 Å². The molecular formula is C20H21N5O2. The Bertz CT molecular complexity index is 1100. The maximum atomic E-state index is 12.9. The Hall–Kier alpha value is -3.35. The lowest BCUT2D eigenvalue weighted by atomic mass is 10.2. The minimum Gasteiger partial charge on any atom is -0.360 e. The summed E-state index contributed by atoms with van der Waals surface area (Å²) < 4.78 is 7.08. The Morgan fingerprint density at radius 1 is 1.22 bits per heavy atom. The Morgan fingerprint density at radius 2 is 2.00 bits per heavy atom. The summed E-state index contributed by atoms with van der Waals surface area (Å²) in [5, 5.41) is 7.08. The zero-order valence-electron chi connectivity index (χ0n) is 15.7. The number of nitrogens with zero attached hydrogens (tertiary/aromatic N) is 3. The predicted molar refractivity (Wildman–Crippen MR) is 102 cm³/mol. The number of carbonyl (C=O) groups is 1. The van der Waals surface area contributed by atoms with Gasteiger partial charge in [-0.15, -0.1) is 0 Å². The van der Waals surface area contributed by atoms with Gasteiger partial charge in [-0.05, 0) is 45.9 Å². The molecule has 0 saturated carbocycles. The molecule has 1 unspecified atom stereocenters. The van der Waals surface area contributed by atoms with E-state index in [-0.39, 0.29) is 11.9 Å². The second kappa shape index (κ2) is 6.42. The fraction of sp³-hybridized carbons (Fsp3) is 0.250. The van der Waals surface area contributed by atoms with Crippen molar-refractivity contribution in [3.8, 4) is 5.82 Å². The lowest BCUT2D eigenvalue weighted by Crippen LogP contribution is -2.27. The van der Waals surface area contributed by atoms with Gasteiger partial charge in [0.25, 0.3) is 5.91 Å². The molecule has 0 aliphatic rings. The first kappa shape index (κ1) is 17.1. The molecule has 1 aromatic carbocycles. The van der Waals surface area contributed by atoms with E-state index in [2.05, 4.69) is 20.4 Å². The third kappa shape index (κ3) is 3.01. The molecule has 2 N–H and O–H groups in total. The van der Waals surface area contributed by atoms with Crippen LogP contribution in [0.2, 0.25) is 0 Å². The first-order valence-corrected chi connectivity index (χ1v) is 8.82. The second-order valence-electron chi connectivity index (χ2n) is 6.75. The summed E-state index contributed by atoms with van der Waals surface area (Å²) in [6.45, 7) is 7.59. The van der Waals surface area contributed by atoms with E-state index < -0.39 is 0 Å². The number of para-hydroxylation sites is 2. The molecule has 0 fully saturated rings. The number of aryl methyl sites for hydroxylation is 2. The molecule has 4 rings (SSSR count). The lowest BCUT2D eigenvalue weighted by molar-refractivity contribution is 0.0938. The van der Waals surface area contributed by atoms with Gasteiger partial charge >= 0.3 is 0 Å². The van der Waals surface area contributed by atoms with E-state index in [9.17, 15) is 4.79 Å². The number of amides is 1. The average molecular weight is 363 g/mol. The summed E-state index contributed by atoms with van der Waals surface area (Å²) in [5.74, 6) is 1.97. The lowest BCUT2D eigenvalue weighted by Gasteiger charge is -2.11. The van der Waals surface area contributed by atoms with Gasteiger partial charge in [-0.1, -0.05) is 17.3 Å². The van der Waals surface area contributed by atoms with E-state index >= 15 is 0 Å². The standard InChI is InChI=1S/C20H21N5O2/c1-11-9-15(14(4)25(11)18-10-12(2)27-24-18)20(26)21-13(3)19-22-16-7-5-6-8-17(16)23-19/h5-10,13H,1-4H3,(H,21,26)(H,22,23). The average Bonchev–Trinajstić information content (AvgIpc) is 3.32. The van der Waals surface area contributed by atoms with Gasteiger partial charge in [0.15, 0.2) is 5.82 Å². The topological polar surface area (TPSA) is 88.7 Å². The van der Waals surface area contributed by atoms with Crippen LogP contribution >= 0.6 is 0 Å². The third-order valence-electron chi connectivity index (χ3n) is 4.69. The Balaban J connectivity index is 1.59. The smallest absolute Gasteiger partial charge is 0.253 e. The maximum Gasteiger partial charge on any atom is 0.253 e. The van der Waals surface area contributed by atoms with Gasteiger partial charge in [-0.3, -0.25) is 9.36 Å². The number of benzene rings is 1. The molecule has 3 aromatic heterocycles. The van der Waals surface area contributed by atoms with E-state index in [0.717, 1.165) is 34.0 Å². The van der Waals surface area contributed by atoms with Crippen LogP contribution in [0.25, 0.3) is 16.9 Å². The molecular weight excluding hydrogens is 342 g/mol. The molecule has 0 radical (unpaired) electrons. The summed E-state index contributed by atoms with van der Waals surface area (Å²) in [7, 11) is 0. The largest absolute Gasteiger partial charge is 0.360 e. The summed E-state index contributed by atoms with van der Waals surface area (Å²) in [4.78, 5) is 20.7. The molecule has 0 spiro atoms. The summed E-state index contributed by atoms with van der Waals surface area (Å²) in [6.07, 6.45) is 0. The Labute approximate surface area is 156 Å². The van der Waals surface area contributed by atoms with Crippen molar-refractivity contribution in [2.45, 2.75) is 33.7 Å². The summed E-state index contributed by atoms with van der Waals surface area (Å²) >= 11 is 0. The first-order chi connectivity index (χ1) is 12.9. The number of carbonyl (C=O) groups excluding carboxylic acids is 1. The molecule has 7 nitrogen and oxygen atoms in total. The number of nitrogens with one attached hydrogen (secondary N) is 2.